The summed E-state index contributed by atoms with van der Waals surface area (Å²) in [5, 5.41) is 0. The number of nitrogens with zero attached hydrogens (tertiary/aromatic N) is 2. The SMILES string of the molecule is CCN(C)C.CCN(C)C.Cc1ccccc1C. The van der Waals surface area contributed by atoms with Crippen molar-refractivity contribution in [3.05, 3.63) is 35.4 Å². The van der Waals surface area contributed by atoms with E-state index >= 15 is 0 Å². The molecule has 0 unspecified atom stereocenters. The van der Waals surface area contributed by atoms with Gasteiger partial charge in [-0.1, -0.05) is 38.1 Å². The maximum Gasteiger partial charge on any atom is -0.00533 e. The second-order valence-electron chi connectivity index (χ2n) is 4.88. The topological polar surface area (TPSA) is 6.48 Å². The lowest BCUT2D eigenvalue weighted by atomic mass is 10.1. The van der Waals surface area contributed by atoms with Crippen molar-refractivity contribution in [3.63, 3.8) is 0 Å². The van der Waals surface area contributed by atoms with Crippen LogP contribution in [0.15, 0.2) is 24.3 Å². The molecule has 0 aromatic heterocycles. The smallest absolute Gasteiger partial charge is 0.00533 e. The van der Waals surface area contributed by atoms with Gasteiger partial charge in [0.15, 0.2) is 0 Å². The molecule has 1 aromatic carbocycles. The average molecular weight is 252 g/mol. The number of benzene rings is 1. The molecule has 106 valence electrons. The summed E-state index contributed by atoms with van der Waals surface area (Å²) in [7, 11) is 8.22. The average Bonchev–Trinajstić information content (AvgIpc) is 2.34. The van der Waals surface area contributed by atoms with Crippen LogP contribution >= 0.6 is 0 Å². The van der Waals surface area contributed by atoms with Crippen molar-refractivity contribution in [1.29, 1.82) is 0 Å². The third kappa shape index (κ3) is 15.1. The lowest BCUT2D eigenvalue weighted by Crippen LogP contribution is -2.08. The van der Waals surface area contributed by atoms with Gasteiger partial charge in [0.05, 0.1) is 0 Å². The number of hydrogen-bond acceptors (Lipinski definition) is 2. The molecule has 0 saturated heterocycles. The van der Waals surface area contributed by atoms with E-state index < -0.39 is 0 Å². The molecule has 0 saturated carbocycles. The van der Waals surface area contributed by atoms with Crippen LogP contribution in [0.4, 0.5) is 0 Å². The highest BCUT2D eigenvalue weighted by Gasteiger charge is 1.83. The second-order valence-corrected chi connectivity index (χ2v) is 4.88. The summed E-state index contributed by atoms with van der Waals surface area (Å²) in [5.41, 5.74) is 2.74. The van der Waals surface area contributed by atoms with E-state index in [0.717, 1.165) is 13.1 Å². The zero-order valence-corrected chi connectivity index (χ0v) is 13.6. The summed E-state index contributed by atoms with van der Waals surface area (Å²) in [6.07, 6.45) is 0. The zero-order valence-electron chi connectivity index (χ0n) is 13.6. The lowest BCUT2D eigenvalue weighted by molar-refractivity contribution is 0.434. The van der Waals surface area contributed by atoms with Crippen LogP contribution in [0.2, 0.25) is 0 Å². The van der Waals surface area contributed by atoms with Crippen LogP contribution in [0.3, 0.4) is 0 Å². The van der Waals surface area contributed by atoms with Gasteiger partial charge in [0.25, 0.3) is 0 Å². The van der Waals surface area contributed by atoms with Crippen molar-refractivity contribution in [1.82, 2.24) is 9.80 Å². The number of rotatable bonds is 2. The van der Waals surface area contributed by atoms with Crippen LogP contribution in [0.25, 0.3) is 0 Å². The van der Waals surface area contributed by atoms with E-state index in [1.165, 1.54) is 11.1 Å². The largest absolute Gasteiger partial charge is 0.310 e. The molecule has 0 aliphatic heterocycles. The molecular weight excluding hydrogens is 220 g/mol. The van der Waals surface area contributed by atoms with Crippen molar-refractivity contribution in [2.75, 3.05) is 41.3 Å². The fraction of sp³-hybridized carbons (Fsp3) is 0.625. The Morgan fingerprint density at radius 1 is 0.722 bits per heavy atom. The highest BCUT2D eigenvalue weighted by atomic mass is 15.0. The first-order chi connectivity index (χ1) is 8.34. The Hall–Kier alpha value is -0.860. The van der Waals surface area contributed by atoms with Gasteiger partial charge in [-0.2, -0.15) is 0 Å². The molecule has 1 rings (SSSR count). The molecule has 0 aliphatic rings. The summed E-state index contributed by atoms with van der Waals surface area (Å²) in [6.45, 7) is 10.8. The summed E-state index contributed by atoms with van der Waals surface area (Å²) in [6, 6.07) is 8.36. The van der Waals surface area contributed by atoms with Crippen molar-refractivity contribution < 1.29 is 0 Å². The summed E-state index contributed by atoms with van der Waals surface area (Å²) in [4.78, 5) is 4.25. The fourth-order valence-electron chi connectivity index (χ4n) is 0.663. The van der Waals surface area contributed by atoms with Crippen molar-refractivity contribution in [2.45, 2.75) is 27.7 Å². The first kappa shape index (κ1) is 19.5. The molecule has 0 N–H and O–H groups in total. The minimum absolute atomic E-state index is 1.14. The van der Waals surface area contributed by atoms with Gasteiger partial charge in [-0.3, -0.25) is 0 Å². The van der Waals surface area contributed by atoms with Crippen LogP contribution in [0.1, 0.15) is 25.0 Å². The maximum atomic E-state index is 2.12. The van der Waals surface area contributed by atoms with E-state index in [-0.39, 0.29) is 0 Å². The molecule has 0 aliphatic carbocycles. The first-order valence-electron chi connectivity index (χ1n) is 6.66. The van der Waals surface area contributed by atoms with Gasteiger partial charge in [0, 0.05) is 0 Å². The minimum Gasteiger partial charge on any atom is -0.310 e. The van der Waals surface area contributed by atoms with Crippen LogP contribution in [-0.2, 0) is 0 Å². The van der Waals surface area contributed by atoms with Gasteiger partial charge < -0.3 is 9.80 Å². The van der Waals surface area contributed by atoms with Crippen molar-refractivity contribution in [2.24, 2.45) is 0 Å². The predicted molar refractivity (Wildman–Crippen MR) is 84.4 cm³/mol. The van der Waals surface area contributed by atoms with Crippen LogP contribution in [0.5, 0.6) is 0 Å². The number of aryl methyl sites for hydroxylation is 2. The Morgan fingerprint density at radius 2 is 0.944 bits per heavy atom. The molecule has 0 fully saturated rings. The molecule has 2 heteroatoms. The van der Waals surface area contributed by atoms with E-state index in [1.54, 1.807) is 0 Å². The third-order valence-electron chi connectivity index (χ3n) is 2.69. The Kier molecular flexibility index (Phi) is 13.6. The molecule has 1 aromatic rings. The van der Waals surface area contributed by atoms with Gasteiger partial charge in [0.2, 0.25) is 0 Å². The molecular formula is C16H32N2. The van der Waals surface area contributed by atoms with Gasteiger partial charge >= 0.3 is 0 Å². The molecule has 0 bridgehead atoms. The van der Waals surface area contributed by atoms with Gasteiger partial charge in [-0.25, -0.2) is 0 Å². The summed E-state index contributed by atoms with van der Waals surface area (Å²) >= 11 is 0. The normalized spacial score (nSPS) is 9.44. The molecule has 2 nitrogen and oxygen atoms in total. The minimum atomic E-state index is 1.14. The van der Waals surface area contributed by atoms with E-state index in [1.807, 2.05) is 0 Å². The lowest BCUT2D eigenvalue weighted by Gasteiger charge is -2.00. The summed E-state index contributed by atoms with van der Waals surface area (Å²) < 4.78 is 0. The molecule has 18 heavy (non-hydrogen) atoms. The van der Waals surface area contributed by atoms with Crippen LogP contribution < -0.4 is 0 Å². The third-order valence-corrected chi connectivity index (χ3v) is 2.69. The van der Waals surface area contributed by atoms with Crippen molar-refractivity contribution in [3.8, 4) is 0 Å². The highest BCUT2D eigenvalue weighted by molar-refractivity contribution is 5.23. The van der Waals surface area contributed by atoms with Gasteiger partial charge in [-0.05, 0) is 66.3 Å². The molecule has 0 radical (unpaired) electrons. The standard InChI is InChI=1S/C8H10.2C4H11N/c1-7-5-3-4-6-8(7)2;2*1-4-5(2)3/h3-6H,1-2H3;2*4H2,1-3H3. The monoisotopic (exact) mass is 252 g/mol. The van der Waals surface area contributed by atoms with Gasteiger partial charge in [0.1, 0.15) is 0 Å². The molecule has 0 heterocycles. The van der Waals surface area contributed by atoms with E-state index in [4.69, 9.17) is 0 Å². The van der Waals surface area contributed by atoms with E-state index in [2.05, 4.69) is 90.0 Å². The Labute approximate surface area is 115 Å². The second kappa shape index (κ2) is 12.6. The van der Waals surface area contributed by atoms with Crippen LogP contribution in [-0.4, -0.2) is 51.1 Å². The fourth-order valence-corrected chi connectivity index (χ4v) is 0.663. The van der Waals surface area contributed by atoms with Crippen LogP contribution in [0, 0.1) is 13.8 Å². The molecule has 0 atom stereocenters. The predicted octanol–water partition coefficient (Wildman–Crippen LogP) is 3.44. The quantitative estimate of drug-likeness (QED) is 0.795. The van der Waals surface area contributed by atoms with E-state index in [0.29, 0.717) is 0 Å². The zero-order chi connectivity index (χ0) is 14.6. The maximum absolute atomic E-state index is 2.12. The highest BCUT2D eigenvalue weighted by Crippen LogP contribution is 2.02. The van der Waals surface area contributed by atoms with E-state index in [9.17, 15) is 0 Å². The molecule has 0 spiro atoms. The van der Waals surface area contributed by atoms with Gasteiger partial charge in [-0.15, -0.1) is 0 Å². The Bertz CT molecular complexity index is 251. The number of hydrogen-bond donors (Lipinski definition) is 0. The Balaban J connectivity index is 0. The summed E-state index contributed by atoms with van der Waals surface area (Å²) in [5.74, 6) is 0. The first-order valence-corrected chi connectivity index (χ1v) is 6.66. The Morgan fingerprint density at radius 3 is 1.06 bits per heavy atom. The molecule has 0 amide bonds. The van der Waals surface area contributed by atoms with Crippen molar-refractivity contribution >= 4 is 0 Å².